The summed E-state index contributed by atoms with van der Waals surface area (Å²) in [4.78, 5) is 3.41. The first kappa shape index (κ1) is 19.2. The van der Waals surface area contributed by atoms with Crippen molar-refractivity contribution in [2.24, 2.45) is 5.92 Å². The maximum atomic E-state index is 12.8. The molecule has 1 aromatic rings. The van der Waals surface area contributed by atoms with Crippen molar-refractivity contribution in [1.29, 1.82) is 0 Å². The molecular weight excluding hydrogens is 322 g/mol. The number of hydrogen-bond acceptors (Lipinski definition) is 3. The quantitative estimate of drug-likeness (QED) is 0.817. The van der Waals surface area contributed by atoms with E-state index in [2.05, 4.69) is 10.3 Å². The summed E-state index contributed by atoms with van der Waals surface area (Å²) in [6.07, 6.45) is 8.18. The number of aromatic nitrogens is 1. The Kier molecular flexibility index (Phi) is 6.63. The molecule has 2 rings (SSSR count). The number of rotatable bonds is 7. The zero-order valence-electron chi connectivity index (χ0n) is 15.4. The molecule has 6 heteroatoms. The van der Waals surface area contributed by atoms with E-state index >= 15 is 0 Å². The SMILES string of the molecule is CC(C)N(C(C)C)S(=O)(=O)c1ccc(NCC2CCCCC2)[nH+]c1. The molecule has 0 aromatic carbocycles. The van der Waals surface area contributed by atoms with E-state index in [-0.39, 0.29) is 12.1 Å². The van der Waals surface area contributed by atoms with Crippen LogP contribution in [0.25, 0.3) is 0 Å². The Bertz CT molecular complexity index is 598. The van der Waals surface area contributed by atoms with Gasteiger partial charge in [-0.3, -0.25) is 5.32 Å². The Balaban J connectivity index is 2.04. The van der Waals surface area contributed by atoms with Crippen LogP contribution in [-0.4, -0.2) is 31.4 Å². The zero-order chi connectivity index (χ0) is 17.7. The van der Waals surface area contributed by atoms with Crippen LogP contribution in [0, 0.1) is 5.92 Å². The average molecular weight is 355 g/mol. The molecule has 1 aromatic heterocycles. The van der Waals surface area contributed by atoms with Gasteiger partial charge in [-0.2, -0.15) is 4.31 Å². The molecule has 0 atom stereocenters. The normalized spacial score (nSPS) is 17.0. The monoisotopic (exact) mass is 354 g/mol. The molecule has 136 valence electrons. The fourth-order valence-corrected chi connectivity index (χ4v) is 5.40. The molecule has 1 saturated carbocycles. The second-order valence-corrected chi connectivity index (χ2v) is 9.19. The van der Waals surface area contributed by atoms with Crippen molar-refractivity contribution in [3.8, 4) is 0 Å². The molecule has 0 unspecified atom stereocenters. The molecule has 24 heavy (non-hydrogen) atoms. The van der Waals surface area contributed by atoms with E-state index in [9.17, 15) is 8.42 Å². The maximum Gasteiger partial charge on any atom is 0.272 e. The van der Waals surface area contributed by atoms with Gasteiger partial charge in [0.25, 0.3) is 5.82 Å². The number of aromatic amines is 1. The van der Waals surface area contributed by atoms with Gasteiger partial charge in [0.2, 0.25) is 10.0 Å². The minimum Gasteiger partial charge on any atom is -0.274 e. The van der Waals surface area contributed by atoms with Crippen LogP contribution in [0.2, 0.25) is 0 Å². The van der Waals surface area contributed by atoms with Gasteiger partial charge in [-0.05, 0) is 52.5 Å². The lowest BCUT2D eigenvalue weighted by Crippen LogP contribution is -2.42. The predicted molar refractivity (Wildman–Crippen MR) is 97.4 cm³/mol. The number of anilines is 1. The van der Waals surface area contributed by atoms with Crippen molar-refractivity contribution in [2.75, 3.05) is 11.9 Å². The Morgan fingerprint density at radius 2 is 1.75 bits per heavy atom. The number of nitrogens with zero attached hydrogens (tertiary/aromatic N) is 1. The van der Waals surface area contributed by atoms with E-state index in [1.54, 1.807) is 16.6 Å². The highest BCUT2D eigenvalue weighted by Crippen LogP contribution is 2.24. The lowest BCUT2D eigenvalue weighted by Gasteiger charge is -2.29. The van der Waals surface area contributed by atoms with Crippen molar-refractivity contribution in [3.05, 3.63) is 18.3 Å². The molecule has 2 N–H and O–H groups in total. The minimum atomic E-state index is -3.48. The minimum absolute atomic E-state index is 0.0703. The predicted octanol–water partition coefficient (Wildman–Crippen LogP) is 3.30. The van der Waals surface area contributed by atoms with E-state index in [1.165, 1.54) is 32.1 Å². The van der Waals surface area contributed by atoms with Crippen LogP contribution in [0.15, 0.2) is 23.2 Å². The summed E-state index contributed by atoms with van der Waals surface area (Å²) in [5, 5.41) is 3.40. The molecule has 0 spiro atoms. The molecule has 1 aliphatic rings. The third kappa shape index (κ3) is 4.70. The van der Waals surface area contributed by atoms with Gasteiger partial charge >= 0.3 is 0 Å². The van der Waals surface area contributed by atoms with E-state index in [0.29, 0.717) is 4.90 Å². The van der Waals surface area contributed by atoms with Gasteiger partial charge in [0.05, 0.1) is 6.54 Å². The van der Waals surface area contributed by atoms with Crippen LogP contribution >= 0.6 is 0 Å². The number of H-pyrrole nitrogens is 1. The van der Waals surface area contributed by atoms with Crippen molar-refractivity contribution in [1.82, 2.24) is 4.31 Å². The molecular formula is C18H32N3O2S+. The third-order valence-corrected chi connectivity index (χ3v) is 6.93. The number of pyridine rings is 1. The summed E-state index contributed by atoms with van der Waals surface area (Å²) in [7, 11) is -3.48. The Morgan fingerprint density at radius 3 is 2.25 bits per heavy atom. The van der Waals surface area contributed by atoms with E-state index < -0.39 is 10.0 Å². The molecule has 0 aliphatic heterocycles. The van der Waals surface area contributed by atoms with E-state index in [4.69, 9.17) is 0 Å². The largest absolute Gasteiger partial charge is 0.274 e. The highest BCUT2D eigenvalue weighted by atomic mass is 32.2. The van der Waals surface area contributed by atoms with Crippen LogP contribution < -0.4 is 10.3 Å². The summed E-state index contributed by atoms with van der Waals surface area (Å²) in [6, 6.07) is 3.37. The summed E-state index contributed by atoms with van der Waals surface area (Å²) >= 11 is 0. The van der Waals surface area contributed by atoms with Crippen LogP contribution in [-0.2, 0) is 10.0 Å². The molecule has 0 radical (unpaired) electrons. The maximum absolute atomic E-state index is 12.8. The van der Waals surface area contributed by atoms with Gasteiger partial charge in [0.1, 0.15) is 11.1 Å². The van der Waals surface area contributed by atoms with E-state index in [0.717, 1.165) is 18.3 Å². The van der Waals surface area contributed by atoms with Gasteiger partial charge in [-0.25, -0.2) is 13.4 Å². The summed E-state index contributed by atoms with van der Waals surface area (Å²) < 4.78 is 27.2. The van der Waals surface area contributed by atoms with E-state index in [1.807, 2.05) is 33.8 Å². The van der Waals surface area contributed by atoms with Crippen molar-refractivity contribution >= 4 is 15.8 Å². The lowest BCUT2D eigenvalue weighted by atomic mass is 9.89. The average Bonchev–Trinajstić information content (AvgIpc) is 2.53. The Labute approximate surface area is 146 Å². The lowest BCUT2D eigenvalue weighted by molar-refractivity contribution is -0.364. The van der Waals surface area contributed by atoms with Gasteiger partial charge in [0.15, 0.2) is 0 Å². The number of nitrogens with one attached hydrogen (secondary N) is 2. The standard InChI is InChI=1S/C18H31N3O2S/c1-14(2)21(15(3)4)24(22,23)17-10-11-18(20-13-17)19-12-16-8-6-5-7-9-16/h10-11,13-16H,5-9,12H2,1-4H3,(H,19,20)/p+1. The summed E-state index contributed by atoms with van der Waals surface area (Å²) in [6.45, 7) is 8.57. The zero-order valence-corrected chi connectivity index (χ0v) is 16.2. The first-order chi connectivity index (χ1) is 11.3. The topological polar surface area (TPSA) is 63.6 Å². The molecule has 1 aliphatic carbocycles. The van der Waals surface area contributed by atoms with Gasteiger partial charge < -0.3 is 0 Å². The number of hydrogen-bond donors (Lipinski definition) is 1. The second kappa shape index (κ2) is 8.30. The van der Waals surface area contributed by atoms with Crippen LogP contribution in [0.4, 0.5) is 5.82 Å². The van der Waals surface area contributed by atoms with Crippen molar-refractivity contribution in [2.45, 2.75) is 76.8 Å². The third-order valence-electron chi connectivity index (χ3n) is 4.68. The molecule has 1 heterocycles. The van der Waals surface area contributed by atoms with Crippen LogP contribution in [0.3, 0.4) is 0 Å². The van der Waals surface area contributed by atoms with Gasteiger partial charge in [0, 0.05) is 18.2 Å². The molecule has 0 amide bonds. The highest BCUT2D eigenvalue weighted by molar-refractivity contribution is 7.89. The van der Waals surface area contributed by atoms with Crippen molar-refractivity contribution < 1.29 is 13.4 Å². The smallest absolute Gasteiger partial charge is 0.272 e. The van der Waals surface area contributed by atoms with Gasteiger partial charge in [-0.1, -0.05) is 19.3 Å². The summed E-state index contributed by atoms with van der Waals surface area (Å²) in [5.41, 5.74) is 0. The highest BCUT2D eigenvalue weighted by Gasteiger charge is 2.30. The first-order valence-electron chi connectivity index (χ1n) is 9.11. The fourth-order valence-electron chi connectivity index (χ4n) is 3.60. The van der Waals surface area contributed by atoms with Crippen LogP contribution in [0.1, 0.15) is 59.8 Å². The fraction of sp³-hybridized carbons (Fsp3) is 0.722. The molecule has 0 saturated heterocycles. The van der Waals surface area contributed by atoms with Crippen LogP contribution in [0.5, 0.6) is 0 Å². The molecule has 5 nitrogen and oxygen atoms in total. The first-order valence-corrected chi connectivity index (χ1v) is 10.6. The summed E-state index contributed by atoms with van der Waals surface area (Å²) in [5.74, 6) is 1.60. The molecule has 0 bridgehead atoms. The molecule has 1 fully saturated rings. The Morgan fingerprint density at radius 1 is 1.12 bits per heavy atom. The van der Waals surface area contributed by atoms with Crippen molar-refractivity contribution in [3.63, 3.8) is 0 Å². The second-order valence-electron chi connectivity index (χ2n) is 7.35. The van der Waals surface area contributed by atoms with Gasteiger partial charge in [-0.15, -0.1) is 0 Å². The Hall–Kier alpha value is -1.14. The number of sulfonamides is 1.